The molecular formula is C19H22N2O3S. The van der Waals surface area contributed by atoms with Crippen LogP contribution in [-0.2, 0) is 9.53 Å². The molecule has 0 unspecified atom stereocenters. The number of rotatable bonds is 6. The van der Waals surface area contributed by atoms with Gasteiger partial charge in [0.1, 0.15) is 0 Å². The molecule has 0 atom stereocenters. The first-order valence-electron chi connectivity index (χ1n) is 8.43. The molecule has 2 heterocycles. The SMILES string of the molecule is Cc1cc(N2CCOCC2)ccc1NC(=O)CCC(=O)c1cccs1. The lowest BCUT2D eigenvalue weighted by Gasteiger charge is -2.29. The van der Waals surface area contributed by atoms with Crippen molar-refractivity contribution in [2.45, 2.75) is 19.8 Å². The molecule has 0 bridgehead atoms. The van der Waals surface area contributed by atoms with Crippen LogP contribution in [0, 0.1) is 6.92 Å². The minimum Gasteiger partial charge on any atom is -0.378 e. The summed E-state index contributed by atoms with van der Waals surface area (Å²) in [6, 6.07) is 9.67. The van der Waals surface area contributed by atoms with Gasteiger partial charge < -0.3 is 15.0 Å². The molecule has 1 saturated heterocycles. The largest absolute Gasteiger partial charge is 0.378 e. The average molecular weight is 358 g/mol. The zero-order valence-electron chi connectivity index (χ0n) is 14.3. The van der Waals surface area contributed by atoms with Crippen LogP contribution in [0.5, 0.6) is 0 Å². The average Bonchev–Trinajstić information content (AvgIpc) is 3.17. The fourth-order valence-electron chi connectivity index (χ4n) is 2.81. The highest BCUT2D eigenvalue weighted by Crippen LogP contribution is 2.24. The number of morpholine rings is 1. The summed E-state index contributed by atoms with van der Waals surface area (Å²) >= 11 is 1.41. The summed E-state index contributed by atoms with van der Waals surface area (Å²) < 4.78 is 5.38. The lowest BCUT2D eigenvalue weighted by Crippen LogP contribution is -2.36. The number of carbonyl (C=O) groups is 2. The second-order valence-corrected chi connectivity index (χ2v) is 6.99. The first-order valence-corrected chi connectivity index (χ1v) is 9.31. The number of nitrogens with one attached hydrogen (secondary N) is 1. The Morgan fingerprint density at radius 1 is 1.20 bits per heavy atom. The molecule has 1 fully saturated rings. The molecule has 2 aromatic rings. The number of hydrogen-bond donors (Lipinski definition) is 1. The Labute approximate surface area is 151 Å². The molecule has 132 valence electrons. The van der Waals surface area contributed by atoms with E-state index in [1.165, 1.54) is 11.3 Å². The van der Waals surface area contributed by atoms with Gasteiger partial charge in [0.25, 0.3) is 0 Å². The summed E-state index contributed by atoms with van der Waals surface area (Å²) in [4.78, 5) is 27.1. The maximum absolute atomic E-state index is 12.1. The summed E-state index contributed by atoms with van der Waals surface area (Å²) in [5.74, 6) is -0.114. The number of aryl methyl sites for hydroxylation is 1. The van der Waals surface area contributed by atoms with Crippen molar-refractivity contribution in [2.24, 2.45) is 0 Å². The Morgan fingerprint density at radius 3 is 2.68 bits per heavy atom. The Kier molecular flexibility index (Phi) is 5.83. The van der Waals surface area contributed by atoms with Crippen molar-refractivity contribution in [3.8, 4) is 0 Å². The van der Waals surface area contributed by atoms with E-state index in [9.17, 15) is 9.59 Å². The van der Waals surface area contributed by atoms with E-state index in [2.05, 4.69) is 16.3 Å². The lowest BCUT2D eigenvalue weighted by atomic mass is 10.1. The Bertz CT molecular complexity index is 737. The minimum absolute atomic E-state index is 0.0181. The van der Waals surface area contributed by atoms with Gasteiger partial charge in [-0.2, -0.15) is 0 Å². The third-order valence-electron chi connectivity index (χ3n) is 4.24. The monoisotopic (exact) mass is 358 g/mol. The molecule has 0 aliphatic carbocycles. The number of anilines is 2. The van der Waals surface area contributed by atoms with E-state index >= 15 is 0 Å². The molecular weight excluding hydrogens is 336 g/mol. The van der Waals surface area contributed by atoms with Crippen molar-refractivity contribution in [3.05, 3.63) is 46.2 Å². The van der Waals surface area contributed by atoms with Gasteiger partial charge >= 0.3 is 0 Å². The molecule has 0 saturated carbocycles. The number of thiophene rings is 1. The number of carbonyl (C=O) groups excluding carboxylic acids is 2. The number of ketones is 1. The highest BCUT2D eigenvalue weighted by atomic mass is 32.1. The van der Waals surface area contributed by atoms with Crippen molar-refractivity contribution in [3.63, 3.8) is 0 Å². The first kappa shape index (κ1) is 17.6. The number of hydrogen-bond acceptors (Lipinski definition) is 5. The van der Waals surface area contributed by atoms with Crippen LogP contribution in [0.25, 0.3) is 0 Å². The zero-order chi connectivity index (χ0) is 17.6. The van der Waals surface area contributed by atoms with E-state index in [1.54, 1.807) is 6.07 Å². The Hall–Kier alpha value is -2.18. The van der Waals surface area contributed by atoms with Gasteiger partial charge in [0.05, 0.1) is 18.1 Å². The topological polar surface area (TPSA) is 58.6 Å². The number of ether oxygens (including phenoxy) is 1. The second kappa shape index (κ2) is 8.27. The molecule has 25 heavy (non-hydrogen) atoms. The van der Waals surface area contributed by atoms with E-state index in [0.29, 0.717) is 4.88 Å². The van der Waals surface area contributed by atoms with Gasteiger partial charge in [-0.05, 0) is 42.1 Å². The number of amides is 1. The van der Waals surface area contributed by atoms with Crippen LogP contribution in [0.15, 0.2) is 35.7 Å². The van der Waals surface area contributed by atoms with Crippen molar-refractivity contribution >= 4 is 34.4 Å². The number of nitrogens with zero attached hydrogens (tertiary/aromatic N) is 1. The van der Waals surface area contributed by atoms with Gasteiger partial charge in [-0.15, -0.1) is 11.3 Å². The molecule has 1 aliphatic rings. The van der Waals surface area contributed by atoms with E-state index in [-0.39, 0.29) is 24.5 Å². The summed E-state index contributed by atoms with van der Waals surface area (Å²) in [7, 11) is 0. The van der Waals surface area contributed by atoms with Gasteiger partial charge in [0.2, 0.25) is 5.91 Å². The third kappa shape index (κ3) is 4.67. The molecule has 6 heteroatoms. The van der Waals surface area contributed by atoms with Crippen LogP contribution >= 0.6 is 11.3 Å². The molecule has 0 radical (unpaired) electrons. The fraction of sp³-hybridized carbons (Fsp3) is 0.368. The summed E-state index contributed by atoms with van der Waals surface area (Å²) in [6.45, 7) is 5.24. The van der Waals surface area contributed by atoms with Crippen LogP contribution in [0.2, 0.25) is 0 Å². The predicted molar refractivity (Wildman–Crippen MR) is 101 cm³/mol. The molecule has 1 aromatic carbocycles. The zero-order valence-corrected chi connectivity index (χ0v) is 15.1. The van der Waals surface area contributed by atoms with Gasteiger partial charge in [0, 0.05) is 37.3 Å². The van der Waals surface area contributed by atoms with Crippen LogP contribution in [0.4, 0.5) is 11.4 Å². The van der Waals surface area contributed by atoms with Crippen LogP contribution in [-0.4, -0.2) is 38.0 Å². The Balaban J connectivity index is 1.55. The molecule has 0 spiro atoms. The second-order valence-electron chi connectivity index (χ2n) is 6.05. The fourth-order valence-corrected chi connectivity index (χ4v) is 3.50. The van der Waals surface area contributed by atoms with E-state index in [1.807, 2.05) is 30.5 Å². The maximum atomic E-state index is 12.1. The van der Waals surface area contributed by atoms with E-state index in [0.717, 1.165) is 43.2 Å². The Morgan fingerprint density at radius 2 is 2.00 bits per heavy atom. The van der Waals surface area contributed by atoms with Gasteiger partial charge in [-0.25, -0.2) is 0 Å². The molecule has 1 aromatic heterocycles. The van der Waals surface area contributed by atoms with E-state index < -0.39 is 0 Å². The van der Waals surface area contributed by atoms with Gasteiger partial charge in [0.15, 0.2) is 5.78 Å². The van der Waals surface area contributed by atoms with Crippen molar-refractivity contribution < 1.29 is 14.3 Å². The maximum Gasteiger partial charge on any atom is 0.224 e. The van der Waals surface area contributed by atoms with Gasteiger partial charge in [-0.1, -0.05) is 6.07 Å². The van der Waals surface area contributed by atoms with E-state index in [4.69, 9.17) is 4.74 Å². The van der Waals surface area contributed by atoms with Crippen LogP contribution in [0.3, 0.4) is 0 Å². The molecule has 1 N–H and O–H groups in total. The standard InChI is InChI=1S/C19H22N2O3S/c1-14-13-15(21-8-10-24-11-9-21)4-5-16(14)20-19(23)7-6-17(22)18-3-2-12-25-18/h2-5,12-13H,6-11H2,1H3,(H,20,23). The van der Waals surface area contributed by atoms with Crippen LogP contribution < -0.4 is 10.2 Å². The number of Topliss-reactive ketones (excluding diaryl/α,β-unsaturated/α-hetero) is 1. The predicted octanol–water partition coefficient (Wildman–Crippen LogP) is 3.49. The summed E-state index contributed by atoms with van der Waals surface area (Å²) in [5.41, 5.74) is 2.96. The van der Waals surface area contributed by atoms with Gasteiger partial charge in [-0.3, -0.25) is 9.59 Å². The molecule has 3 rings (SSSR count). The highest BCUT2D eigenvalue weighted by molar-refractivity contribution is 7.12. The normalized spacial score (nSPS) is 14.4. The molecule has 1 amide bonds. The first-order chi connectivity index (χ1) is 12.1. The van der Waals surface area contributed by atoms with Crippen molar-refractivity contribution in [1.82, 2.24) is 0 Å². The quantitative estimate of drug-likeness (QED) is 0.803. The minimum atomic E-state index is -0.132. The summed E-state index contributed by atoms with van der Waals surface area (Å²) in [6.07, 6.45) is 0.429. The third-order valence-corrected chi connectivity index (χ3v) is 5.15. The smallest absolute Gasteiger partial charge is 0.224 e. The van der Waals surface area contributed by atoms with Crippen molar-refractivity contribution in [1.29, 1.82) is 0 Å². The van der Waals surface area contributed by atoms with Crippen molar-refractivity contribution in [2.75, 3.05) is 36.5 Å². The van der Waals surface area contributed by atoms with Crippen LogP contribution in [0.1, 0.15) is 28.1 Å². The number of benzene rings is 1. The summed E-state index contributed by atoms with van der Waals surface area (Å²) in [5, 5.41) is 4.78. The molecule has 5 nitrogen and oxygen atoms in total. The highest BCUT2D eigenvalue weighted by Gasteiger charge is 2.14. The lowest BCUT2D eigenvalue weighted by molar-refractivity contribution is -0.116. The molecule has 1 aliphatic heterocycles.